The molecule has 2 heterocycles. The number of aromatic nitrogens is 2. The van der Waals surface area contributed by atoms with E-state index in [4.69, 9.17) is 0 Å². The van der Waals surface area contributed by atoms with Gasteiger partial charge in [-0.05, 0) is 26.2 Å². The van der Waals surface area contributed by atoms with Crippen LogP contribution in [0.15, 0.2) is 0 Å². The molecule has 1 aromatic heterocycles. The summed E-state index contributed by atoms with van der Waals surface area (Å²) < 4.78 is 0. The third-order valence-corrected chi connectivity index (χ3v) is 3.24. The van der Waals surface area contributed by atoms with Crippen LogP contribution in [0.1, 0.15) is 36.3 Å². The van der Waals surface area contributed by atoms with Crippen LogP contribution < -0.4 is 10.6 Å². The Morgan fingerprint density at radius 2 is 2.13 bits per heavy atom. The fourth-order valence-electron chi connectivity index (χ4n) is 2.16. The number of hydrogen-bond acceptors (Lipinski definition) is 4. The number of nitrogens with zero attached hydrogens (tertiary/aromatic N) is 2. The highest BCUT2D eigenvalue weighted by Crippen LogP contribution is 2.26. The van der Waals surface area contributed by atoms with Gasteiger partial charge in [-0.3, -0.25) is 0 Å². The van der Waals surface area contributed by atoms with Crippen molar-refractivity contribution >= 4 is 5.82 Å². The Kier molecular flexibility index (Phi) is 2.09. The second-order valence-corrected chi connectivity index (χ2v) is 4.42. The van der Waals surface area contributed by atoms with Crippen LogP contribution in [-0.2, 0) is 13.1 Å². The van der Waals surface area contributed by atoms with Crippen molar-refractivity contribution in [2.24, 2.45) is 0 Å². The summed E-state index contributed by atoms with van der Waals surface area (Å²) in [5, 5.41) is 6.85. The van der Waals surface area contributed by atoms with Gasteiger partial charge in [-0.2, -0.15) is 0 Å². The molecule has 0 unspecified atom stereocenters. The van der Waals surface area contributed by atoms with Gasteiger partial charge in [-0.25, -0.2) is 9.97 Å². The average molecular weight is 204 g/mol. The quantitative estimate of drug-likeness (QED) is 0.763. The molecule has 1 saturated carbocycles. The predicted octanol–water partition coefficient (Wildman–Crippen LogP) is 1.35. The lowest BCUT2D eigenvalue weighted by molar-refractivity contribution is 0.444. The molecule has 1 aromatic rings. The summed E-state index contributed by atoms with van der Waals surface area (Å²) in [5.41, 5.74) is 2.44. The first-order valence-electron chi connectivity index (χ1n) is 5.66. The van der Waals surface area contributed by atoms with Gasteiger partial charge in [0.15, 0.2) is 0 Å². The predicted molar refractivity (Wildman–Crippen MR) is 58.6 cm³/mol. The summed E-state index contributed by atoms with van der Waals surface area (Å²) in [7, 11) is 0. The Balaban J connectivity index is 1.91. The lowest BCUT2D eigenvalue weighted by atomic mass is 9.93. The zero-order chi connectivity index (χ0) is 10.3. The minimum Gasteiger partial charge on any atom is -0.367 e. The molecule has 2 aliphatic rings. The summed E-state index contributed by atoms with van der Waals surface area (Å²) in [6, 6.07) is 0.643. The van der Waals surface area contributed by atoms with Gasteiger partial charge in [-0.15, -0.1) is 0 Å². The first-order valence-corrected chi connectivity index (χ1v) is 5.66. The number of hydrogen-bond donors (Lipinski definition) is 2. The molecular weight excluding hydrogens is 188 g/mol. The second kappa shape index (κ2) is 3.45. The van der Waals surface area contributed by atoms with Gasteiger partial charge in [0.25, 0.3) is 0 Å². The first-order chi connectivity index (χ1) is 7.33. The molecule has 4 heteroatoms. The molecule has 0 amide bonds. The smallest absolute Gasteiger partial charge is 0.134 e. The molecule has 0 aromatic carbocycles. The minimum atomic E-state index is 0.643. The fraction of sp³-hybridized carbons (Fsp3) is 0.636. The normalized spacial score (nSPS) is 19.8. The molecule has 80 valence electrons. The summed E-state index contributed by atoms with van der Waals surface area (Å²) >= 11 is 0. The molecule has 1 aliphatic carbocycles. The van der Waals surface area contributed by atoms with E-state index in [1.807, 2.05) is 6.92 Å². The summed E-state index contributed by atoms with van der Waals surface area (Å²) in [5.74, 6) is 1.94. The van der Waals surface area contributed by atoms with Gasteiger partial charge in [0.2, 0.25) is 0 Å². The first kappa shape index (κ1) is 9.09. The second-order valence-electron chi connectivity index (χ2n) is 4.42. The van der Waals surface area contributed by atoms with Crippen LogP contribution >= 0.6 is 0 Å². The van der Waals surface area contributed by atoms with Crippen molar-refractivity contribution in [1.82, 2.24) is 15.3 Å². The Labute approximate surface area is 89.5 Å². The van der Waals surface area contributed by atoms with Gasteiger partial charge >= 0.3 is 0 Å². The average Bonchev–Trinajstić information content (AvgIpc) is 2.58. The number of anilines is 1. The highest BCUT2D eigenvalue weighted by Gasteiger charge is 2.22. The van der Waals surface area contributed by atoms with E-state index >= 15 is 0 Å². The molecule has 1 fully saturated rings. The van der Waals surface area contributed by atoms with Crippen molar-refractivity contribution in [2.75, 3.05) is 5.32 Å². The maximum absolute atomic E-state index is 4.50. The molecule has 0 radical (unpaired) electrons. The molecular formula is C11H16N4. The standard InChI is InChI=1S/C11H16N4/c1-7-13-10-6-12-5-9(10)11(14-7)15-8-3-2-4-8/h8,12H,2-6H2,1H3,(H,13,14,15). The molecule has 0 saturated heterocycles. The van der Waals surface area contributed by atoms with Gasteiger partial charge in [0.05, 0.1) is 5.69 Å². The van der Waals surface area contributed by atoms with E-state index in [1.54, 1.807) is 0 Å². The molecule has 0 bridgehead atoms. The zero-order valence-corrected chi connectivity index (χ0v) is 9.01. The van der Waals surface area contributed by atoms with E-state index in [2.05, 4.69) is 20.6 Å². The topological polar surface area (TPSA) is 49.8 Å². The van der Waals surface area contributed by atoms with Gasteiger partial charge in [-0.1, -0.05) is 0 Å². The molecule has 4 nitrogen and oxygen atoms in total. The molecule has 0 atom stereocenters. The Hall–Kier alpha value is -1.16. The van der Waals surface area contributed by atoms with Crippen LogP contribution in [0.3, 0.4) is 0 Å². The Bertz CT molecular complexity index is 384. The van der Waals surface area contributed by atoms with E-state index < -0.39 is 0 Å². The lowest BCUT2D eigenvalue weighted by Gasteiger charge is -2.27. The molecule has 3 rings (SSSR count). The lowest BCUT2D eigenvalue weighted by Crippen LogP contribution is -2.28. The number of aryl methyl sites for hydroxylation is 1. The van der Waals surface area contributed by atoms with Crippen molar-refractivity contribution in [3.8, 4) is 0 Å². The van der Waals surface area contributed by atoms with Crippen molar-refractivity contribution in [3.63, 3.8) is 0 Å². The third kappa shape index (κ3) is 1.59. The van der Waals surface area contributed by atoms with Crippen molar-refractivity contribution in [3.05, 3.63) is 17.1 Å². The van der Waals surface area contributed by atoms with Gasteiger partial charge < -0.3 is 10.6 Å². The van der Waals surface area contributed by atoms with Crippen LogP contribution in [0.2, 0.25) is 0 Å². The fourth-order valence-corrected chi connectivity index (χ4v) is 2.16. The van der Waals surface area contributed by atoms with Crippen LogP contribution in [-0.4, -0.2) is 16.0 Å². The van der Waals surface area contributed by atoms with Crippen molar-refractivity contribution in [1.29, 1.82) is 0 Å². The maximum Gasteiger partial charge on any atom is 0.134 e. The maximum atomic E-state index is 4.50. The Morgan fingerprint density at radius 1 is 1.27 bits per heavy atom. The molecule has 2 N–H and O–H groups in total. The highest BCUT2D eigenvalue weighted by atomic mass is 15.1. The monoisotopic (exact) mass is 204 g/mol. The number of fused-ring (bicyclic) bond motifs is 1. The van der Waals surface area contributed by atoms with Gasteiger partial charge in [0.1, 0.15) is 11.6 Å². The van der Waals surface area contributed by atoms with E-state index in [9.17, 15) is 0 Å². The molecule has 1 aliphatic heterocycles. The third-order valence-electron chi connectivity index (χ3n) is 3.24. The van der Waals surface area contributed by atoms with Crippen LogP contribution in [0, 0.1) is 6.92 Å². The summed E-state index contributed by atoms with van der Waals surface area (Å²) in [6.07, 6.45) is 3.92. The molecule has 15 heavy (non-hydrogen) atoms. The van der Waals surface area contributed by atoms with Crippen molar-refractivity contribution in [2.45, 2.75) is 45.3 Å². The van der Waals surface area contributed by atoms with Crippen LogP contribution in [0.4, 0.5) is 5.82 Å². The van der Waals surface area contributed by atoms with Crippen LogP contribution in [0.5, 0.6) is 0 Å². The number of nitrogens with one attached hydrogen (secondary N) is 2. The highest BCUT2D eigenvalue weighted by molar-refractivity contribution is 5.49. The van der Waals surface area contributed by atoms with E-state index in [-0.39, 0.29) is 0 Å². The summed E-state index contributed by atoms with van der Waals surface area (Å²) in [4.78, 5) is 8.96. The zero-order valence-electron chi connectivity index (χ0n) is 9.01. The van der Waals surface area contributed by atoms with Gasteiger partial charge in [0, 0.05) is 24.7 Å². The summed E-state index contributed by atoms with van der Waals surface area (Å²) in [6.45, 7) is 3.76. The minimum absolute atomic E-state index is 0.643. The van der Waals surface area contributed by atoms with Crippen molar-refractivity contribution < 1.29 is 0 Å². The SMILES string of the molecule is Cc1nc2c(c(NC3CCC3)n1)CNC2. The largest absolute Gasteiger partial charge is 0.367 e. The van der Waals surface area contributed by atoms with E-state index in [0.717, 1.165) is 24.7 Å². The van der Waals surface area contributed by atoms with E-state index in [1.165, 1.54) is 30.5 Å². The van der Waals surface area contributed by atoms with Crippen LogP contribution in [0.25, 0.3) is 0 Å². The Morgan fingerprint density at radius 3 is 2.87 bits per heavy atom. The number of rotatable bonds is 2. The van der Waals surface area contributed by atoms with E-state index in [0.29, 0.717) is 6.04 Å². The molecule has 0 spiro atoms.